The second kappa shape index (κ2) is 10.2. The van der Waals surface area contributed by atoms with Gasteiger partial charge in [-0.15, -0.1) is 0 Å². The van der Waals surface area contributed by atoms with Crippen molar-refractivity contribution in [1.29, 1.82) is 0 Å². The van der Waals surface area contributed by atoms with Crippen LogP contribution in [0.4, 0.5) is 0 Å². The van der Waals surface area contributed by atoms with Crippen molar-refractivity contribution in [3.8, 4) is 17.2 Å². The number of rotatable bonds is 9. The summed E-state index contributed by atoms with van der Waals surface area (Å²) in [5.41, 5.74) is 9.47. The van der Waals surface area contributed by atoms with Gasteiger partial charge in [0.25, 0.3) is 0 Å². The number of amides is 1. The van der Waals surface area contributed by atoms with Crippen LogP contribution < -0.4 is 25.3 Å². The third-order valence-corrected chi connectivity index (χ3v) is 6.46. The Balaban J connectivity index is 1.35. The number of benzene rings is 3. The van der Waals surface area contributed by atoms with Gasteiger partial charge in [0.2, 0.25) is 12.7 Å². The van der Waals surface area contributed by atoms with E-state index in [0.717, 1.165) is 59.6 Å². The van der Waals surface area contributed by atoms with Gasteiger partial charge in [-0.1, -0.05) is 18.2 Å². The van der Waals surface area contributed by atoms with Crippen LogP contribution in [0.25, 0.3) is 0 Å². The molecular formula is C28H28N2O5. The van der Waals surface area contributed by atoms with Gasteiger partial charge in [-0.25, -0.2) is 0 Å². The highest BCUT2D eigenvalue weighted by Gasteiger charge is 2.25. The highest BCUT2D eigenvalue weighted by Crippen LogP contribution is 2.33. The summed E-state index contributed by atoms with van der Waals surface area (Å²) in [7, 11) is 0. The molecule has 2 aliphatic rings. The first-order valence-electron chi connectivity index (χ1n) is 11.9. The molecule has 0 aliphatic carbocycles. The van der Waals surface area contributed by atoms with Gasteiger partial charge < -0.3 is 25.3 Å². The third-order valence-electron chi connectivity index (χ3n) is 6.46. The summed E-state index contributed by atoms with van der Waals surface area (Å²) in [6.45, 7) is 1.41. The van der Waals surface area contributed by atoms with E-state index >= 15 is 0 Å². The topological polar surface area (TPSA) is 99.9 Å². The lowest BCUT2D eigenvalue weighted by molar-refractivity contribution is 0.0950. The van der Waals surface area contributed by atoms with Gasteiger partial charge in [-0.2, -0.15) is 0 Å². The van der Waals surface area contributed by atoms with Gasteiger partial charge in [0.1, 0.15) is 12.4 Å². The molecule has 1 fully saturated rings. The van der Waals surface area contributed by atoms with Crippen LogP contribution in [0.5, 0.6) is 17.2 Å². The Morgan fingerprint density at radius 1 is 0.971 bits per heavy atom. The largest absolute Gasteiger partial charge is 0.489 e. The Kier molecular flexibility index (Phi) is 6.68. The number of hydrogen-bond acceptors (Lipinski definition) is 6. The van der Waals surface area contributed by atoms with Crippen molar-refractivity contribution >= 4 is 11.7 Å². The van der Waals surface area contributed by atoms with Crippen molar-refractivity contribution in [2.45, 2.75) is 38.3 Å². The number of hydrogen-bond donors (Lipinski definition) is 2. The SMILES string of the molecule is NC(=O)c1cccc(COc2ccc(C(=O)C3CCCN3)c(CCc3ccc4c(c3)OCO4)c2)c1. The van der Waals surface area contributed by atoms with Crippen molar-refractivity contribution in [3.05, 3.63) is 88.5 Å². The maximum Gasteiger partial charge on any atom is 0.248 e. The lowest BCUT2D eigenvalue weighted by Crippen LogP contribution is -2.31. The Bertz CT molecular complexity index is 1250. The number of carbonyl (C=O) groups excluding carboxylic acids is 2. The highest BCUT2D eigenvalue weighted by molar-refractivity contribution is 6.01. The molecule has 7 nitrogen and oxygen atoms in total. The van der Waals surface area contributed by atoms with Crippen LogP contribution in [-0.4, -0.2) is 31.1 Å². The molecule has 0 aromatic heterocycles. The van der Waals surface area contributed by atoms with E-state index in [2.05, 4.69) is 5.32 Å². The molecule has 1 saturated heterocycles. The summed E-state index contributed by atoms with van der Waals surface area (Å²) < 4.78 is 16.9. The molecule has 180 valence electrons. The Labute approximate surface area is 204 Å². The Hall–Kier alpha value is -3.84. The fourth-order valence-electron chi connectivity index (χ4n) is 4.56. The molecule has 2 aliphatic heterocycles. The first-order valence-corrected chi connectivity index (χ1v) is 11.9. The first kappa shape index (κ1) is 22.9. The minimum Gasteiger partial charge on any atom is -0.489 e. The standard InChI is InChI=1S/C28H28N2O5/c29-28(32)21-4-1-3-19(13-21)16-33-22-9-10-23(27(31)24-5-2-12-30-24)20(15-22)8-6-18-7-11-25-26(14-18)35-17-34-25/h1,3-4,7,9-11,13-15,24,30H,2,5-6,8,12,16-17H2,(H2,29,32). The number of nitrogens with two attached hydrogens (primary N) is 1. The Morgan fingerprint density at radius 3 is 2.69 bits per heavy atom. The molecule has 7 heteroatoms. The first-order chi connectivity index (χ1) is 17.1. The molecule has 0 saturated carbocycles. The number of Topliss-reactive ketones (excluding diaryl/α,β-unsaturated/α-hetero) is 1. The average Bonchev–Trinajstić information content (AvgIpc) is 3.58. The molecule has 3 aromatic carbocycles. The molecule has 3 N–H and O–H groups in total. The minimum atomic E-state index is -0.471. The van der Waals surface area contributed by atoms with E-state index < -0.39 is 5.91 Å². The van der Waals surface area contributed by atoms with Gasteiger partial charge in [-0.05, 0) is 91.4 Å². The molecular weight excluding hydrogens is 444 g/mol. The molecule has 1 unspecified atom stereocenters. The lowest BCUT2D eigenvalue weighted by atomic mass is 9.93. The quantitative estimate of drug-likeness (QED) is 0.460. The summed E-state index contributed by atoms with van der Waals surface area (Å²) in [4.78, 5) is 24.7. The van der Waals surface area contributed by atoms with Crippen LogP contribution in [0, 0.1) is 0 Å². The second-order valence-electron chi connectivity index (χ2n) is 8.87. The average molecular weight is 473 g/mol. The lowest BCUT2D eigenvalue weighted by Gasteiger charge is -2.16. The molecule has 1 amide bonds. The molecule has 0 spiro atoms. The third kappa shape index (κ3) is 5.30. The molecule has 0 bridgehead atoms. The summed E-state index contributed by atoms with van der Waals surface area (Å²) in [5.74, 6) is 1.84. The smallest absolute Gasteiger partial charge is 0.248 e. The van der Waals surface area contributed by atoms with Crippen molar-refractivity contribution < 1.29 is 23.8 Å². The Morgan fingerprint density at radius 2 is 1.86 bits per heavy atom. The van der Waals surface area contributed by atoms with Crippen molar-refractivity contribution in [1.82, 2.24) is 5.32 Å². The van der Waals surface area contributed by atoms with E-state index in [0.29, 0.717) is 24.3 Å². The maximum absolute atomic E-state index is 13.2. The molecule has 5 rings (SSSR count). The van der Waals surface area contributed by atoms with Crippen LogP contribution in [0.3, 0.4) is 0 Å². The van der Waals surface area contributed by atoms with Crippen LogP contribution in [0.15, 0.2) is 60.7 Å². The van der Waals surface area contributed by atoms with Crippen molar-refractivity contribution in [2.24, 2.45) is 5.73 Å². The van der Waals surface area contributed by atoms with Crippen LogP contribution in [0.2, 0.25) is 0 Å². The van der Waals surface area contributed by atoms with E-state index in [9.17, 15) is 9.59 Å². The van der Waals surface area contributed by atoms with Gasteiger partial charge in [-0.3, -0.25) is 9.59 Å². The molecule has 35 heavy (non-hydrogen) atoms. The number of ether oxygens (including phenoxy) is 3. The fourth-order valence-corrected chi connectivity index (χ4v) is 4.56. The van der Waals surface area contributed by atoms with E-state index in [4.69, 9.17) is 19.9 Å². The van der Waals surface area contributed by atoms with Crippen LogP contribution in [0.1, 0.15) is 50.2 Å². The molecule has 3 aromatic rings. The van der Waals surface area contributed by atoms with Gasteiger partial charge in [0.15, 0.2) is 17.3 Å². The molecule has 2 heterocycles. The number of primary amides is 1. The zero-order valence-electron chi connectivity index (χ0n) is 19.4. The van der Waals surface area contributed by atoms with Gasteiger partial charge in [0.05, 0.1) is 6.04 Å². The highest BCUT2D eigenvalue weighted by atomic mass is 16.7. The van der Waals surface area contributed by atoms with Crippen LogP contribution in [-0.2, 0) is 19.4 Å². The predicted octanol–water partition coefficient (Wildman–Crippen LogP) is 3.81. The summed E-state index contributed by atoms with van der Waals surface area (Å²) in [5, 5.41) is 3.31. The summed E-state index contributed by atoms with van der Waals surface area (Å²) >= 11 is 0. The molecule has 0 radical (unpaired) electrons. The van der Waals surface area contributed by atoms with E-state index in [1.807, 2.05) is 42.5 Å². The van der Waals surface area contributed by atoms with E-state index in [-0.39, 0.29) is 18.6 Å². The van der Waals surface area contributed by atoms with Gasteiger partial charge in [0, 0.05) is 11.1 Å². The van der Waals surface area contributed by atoms with Gasteiger partial charge >= 0.3 is 0 Å². The normalized spacial score (nSPS) is 16.3. The zero-order valence-corrected chi connectivity index (χ0v) is 19.4. The maximum atomic E-state index is 13.2. The zero-order chi connectivity index (χ0) is 24.2. The number of nitrogens with one attached hydrogen (secondary N) is 1. The van der Waals surface area contributed by atoms with Crippen LogP contribution >= 0.6 is 0 Å². The monoisotopic (exact) mass is 472 g/mol. The number of ketones is 1. The van der Waals surface area contributed by atoms with Crippen molar-refractivity contribution in [2.75, 3.05) is 13.3 Å². The summed E-state index contributed by atoms with van der Waals surface area (Å²) in [6.07, 6.45) is 3.30. The van der Waals surface area contributed by atoms with Crippen molar-refractivity contribution in [3.63, 3.8) is 0 Å². The fraction of sp³-hybridized carbons (Fsp3) is 0.286. The molecule has 1 atom stereocenters. The van der Waals surface area contributed by atoms with E-state index in [1.165, 1.54) is 0 Å². The second-order valence-corrected chi connectivity index (χ2v) is 8.87. The summed E-state index contributed by atoms with van der Waals surface area (Å²) in [6, 6.07) is 18.5. The minimum absolute atomic E-state index is 0.129. The van der Waals surface area contributed by atoms with E-state index in [1.54, 1.807) is 18.2 Å². The predicted molar refractivity (Wildman–Crippen MR) is 131 cm³/mol. The number of aryl methyl sites for hydroxylation is 2. The number of fused-ring (bicyclic) bond motifs is 1. The number of carbonyl (C=O) groups is 2.